The summed E-state index contributed by atoms with van der Waals surface area (Å²) in [7, 11) is 0. The third-order valence-corrected chi connectivity index (χ3v) is 7.14. The van der Waals surface area contributed by atoms with Crippen LogP contribution in [0.1, 0.15) is 72.3 Å². The number of ether oxygens (including phenoxy) is 1. The van der Waals surface area contributed by atoms with Crippen molar-refractivity contribution in [2.75, 3.05) is 11.9 Å². The fourth-order valence-electron chi connectivity index (χ4n) is 3.97. The molecule has 3 amide bonds. The summed E-state index contributed by atoms with van der Waals surface area (Å²) in [6.45, 7) is 9.41. The Labute approximate surface area is 296 Å². The standard InChI is InChI=1S/C26H26BrN3O3.C9H13NO4.C2H6/c1-26(2,17-31)33-22-14-12-21(13-15-22)30-25(32)23(16-29-20-6-4-3-5-7-20)24(28)18-8-10-19(27)11-9-18;1-2-3-4-9(13)14-10-7(11)5-6-8(10)12;1-2/h3-16,31H,17,28H2,1-2H3,(H,30,32);2-6H2,1H3;1-2H3/b24-23+,29-16?;;. The van der Waals surface area contributed by atoms with Gasteiger partial charge in [0.1, 0.15) is 11.4 Å². The van der Waals surface area contributed by atoms with Gasteiger partial charge < -0.3 is 25.7 Å². The third-order valence-electron chi connectivity index (χ3n) is 6.61. The van der Waals surface area contributed by atoms with E-state index in [9.17, 15) is 24.3 Å². The number of nitrogens with two attached hydrogens (primary N) is 1. The largest absolute Gasteiger partial charge is 0.485 e. The number of amides is 3. The number of rotatable bonds is 12. The van der Waals surface area contributed by atoms with Crippen LogP contribution in [0.4, 0.5) is 11.4 Å². The molecule has 3 aromatic carbocycles. The van der Waals surface area contributed by atoms with Crippen molar-refractivity contribution in [2.24, 2.45) is 10.7 Å². The SMILES string of the molecule is CC.CC(C)(CO)Oc1ccc(NC(=O)/C(C=Nc2ccccc2)=C(/N)c2ccc(Br)cc2)cc1.CCCCC(=O)ON1C(=O)CCC1=O. The number of anilines is 1. The van der Waals surface area contributed by atoms with Crippen molar-refractivity contribution in [3.05, 3.63) is 94.5 Å². The van der Waals surface area contributed by atoms with Crippen molar-refractivity contribution < 1.29 is 33.9 Å². The zero-order valence-electron chi connectivity index (χ0n) is 28.6. The topological polar surface area (TPSA) is 161 Å². The fourth-order valence-corrected chi connectivity index (χ4v) is 4.24. The maximum atomic E-state index is 13.2. The summed E-state index contributed by atoms with van der Waals surface area (Å²) in [6.07, 6.45) is 3.57. The van der Waals surface area contributed by atoms with Crippen molar-refractivity contribution in [3.63, 3.8) is 0 Å². The Morgan fingerprint density at radius 1 is 0.980 bits per heavy atom. The number of benzene rings is 3. The van der Waals surface area contributed by atoms with E-state index >= 15 is 0 Å². The molecule has 49 heavy (non-hydrogen) atoms. The second kappa shape index (κ2) is 20.5. The number of halogens is 1. The summed E-state index contributed by atoms with van der Waals surface area (Å²) in [5.41, 5.74) is 8.22. The van der Waals surface area contributed by atoms with Crippen LogP contribution < -0.4 is 15.8 Å². The molecule has 0 unspecified atom stereocenters. The van der Waals surface area contributed by atoms with Gasteiger partial charge in [0.15, 0.2) is 0 Å². The Morgan fingerprint density at radius 2 is 1.57 bits per heavy atom. The molecule has 0 aliphatic carbocycles. The molecule has 0 saturated carbocycles. The van der Waals surface area contributed by atoms with Crippen LogP contribution in [-0.2, 0) is 24.0 Å². The van der Waals surface area contributed by atoms with Gasteiger partial charge in [-0.2, -0.15) is 0 Å². The predicted molar refractivity (Wildman–Crippen MR) is 195 cm³/mol. The van der Waals surface area contributed by atoms with Gasteiger partial charge in [0.2, 0.25) is 0 Å². The minimum Gasteiger partial charge on any atom is -0.485 e. The second-order valence-electron chi connectivity index (χ2n) is 11.1. The van der Waals surface area contributed by atoms with Gasteiger partial charge in [-0.1, -0.05) is 73.5 Å². The summed E-state index contributed by atoms with van der Waals surface area (Å²) >= 11 is 3.41. The molecule has 0 radical (unpaired) electrons. The van der Waals surface area contributed by atoms with Crippen LogP contribution in [0.15, 0.2) is 93.9 Å². The Hall–Kier alpha value is -4.81. The molecule has 262 valence electrons. The molecule has 0 aromatic heterocycles. The molecule has 3 aromatic rings. The number of aliphatic imine (C=N–C) groups is 1. The molecular formula is C37H45BrN4O7. The first-order valence-electron chi connectivity index (χ1n) is 16.0. The summed E-state index contributed by atoms with van der Waals surface area (Å²) in [5, 5.41) is 12.8. The van der Waals surface area contributed by atoms with E-state index < -0.39 is 23.4 Å². The van der Waals surface area contributed by atoms with Crippen LogP contribution in [0.25, 0.3) is 5.70 Å². The molecule has 4 rings (SSSR count). The first-order valence-corrected chi connectivity index (χ1v) is 16.8. The van der Waals surface area contributed by atoms with E-state index in [4.69, 9.17) is 10.5 Å². The van der Waals surface area contributed by atoms with Gasteiger partial charge in [0.05, 0.1) is 23.6 Å². The lowest BCUT2D eigenvalue weighted by atomic mass is 10.1. The van der Waals surface area contributed by atoms with Crippen LogP contribution in [0.3, 0.4) is 0 Å². The van der Waals surface area contributed by atoms with Crippen molar-refractivity contribution in [1.29, 1.82) is 0 Å². The molecule has 4 N–H and O–H groups in total. The maximum absolute atomic E-state index is 13.2. The quantitative estimate of drug-likeness (QED) is 0.101. The molecule has 1 aliphatic heterocycles. The predicted octanol–water partition coefficient (Wildman–Crippen LogP) is 7.12. The van der Waals surface area contributed by atoms with E-state index in [2.05, 4.69) is 31.1 Å². The summed E-state index contributed by atoms with van der Waals surface area (Å²) in [4.78, 5) is 55.3. The summed E-state index contributed by atoms with van der Waals surface area (Å²) in [6, 6.07) is 23.6. The number of unbranched alkanes of at least 4 members (excludes halogenated alkanes) is 1. The normalized spacial score (nSPS) is 13.1. The van der Waals surface area contributed by atoms with E-state index in [-0.39, 0.29) is 37.3 Å². The lowest BCUT2D eigenvalue weighted by molar-refractivity contribution is -0.197. The Morgan fingerprint density at radius 3 is 2.12 bits per heavy atom. The highest BCUT2D eigenvalue weighted by atomic mass is 79.9. The van der Waals surface area contributed by atoms with Crippen LogP contribution >= 0.6 is 15.9 Å². The number of para-hydroxylation sites is 1. The lowest BCUT2D eigenvalue weighted by Gasteiger charge is -2.24. The fraction of sp³-hybridized carbons (Fsp3) is 0.324. The number of imide groups is 1. The minimum absolute atomic E-state index is 0.115. The highest BCUT2D eigenvalue weighted by Gasteiger charge is 2.32. The molecule has 1 saturated heterocycles. The number of carbonyl (C=O) groups is 4. The van der Waals surface area contributed by atoms with Crippen molar-refractivity contribution in [1.82, 2.24) is 5.06 Å². The number of hydrogen-bond donors (Lipinski definition) is 3. The first-order chi connectivity index (χ1) is 23.4. The second-order valence-corrected chi connectivity index (χ2v) is 12.0. The first kappa shape index (κ1) is 40.4. The van der Waals surface area contributed by atoms with Crippen molar-refractivity contribution in [2.45, 2.75) is 72.3 Å². The van der Waals surface area contributed by atoms with Gasteiger partial charge in [-0.3, -0.25) is 19.4 Å². The number of hydroxylamine groups is 2. The highest BCUT2D eigenvalue weighted by Crippen LogP contribution is 2.23. The summed E-state index contributed by atoms with van der Waals surface area (Å²) in [5.74, 6) is -1.18. The molecule has 0 spiro atoms. The van der Waals surface area contributed by atoms with Crippen LogP contribution in [0, 0.1) is 0 Å². The molecule has 11 nitrogen and oxygen atoms in total. The molecule has 0 atom stereocenters. The van der Waals surface area contributed by atoms with Gasteiger partial charge in [-0.15, -0.1) is 5.06 Å². The Balaban J connectivity index is 0.000000435. The average Bonchev–Trinajstić information content (AvgIpc) is 3.42. The number of aliphatic hydroxyl groups is 1. The van der Waals surface area contributed by atoms with Gasteiger partial charge in [0, 0.05) is 35.6 Å². The van der Waals surface area contributed by atoms with Crippen molar-refractivity contribution in [3.8, 4) is 5.75 Å². The van der Waals surface area contributed by atoms with E-state index in [1.54, 1.807) is 38.1 Å². The number of hydrogen-bond acceptors (Lipinski definition) is 9. The van der Waals surface area contributed by atoms with Crippen LogP contribution in [-0.4, -0.2) is 52.3 Å². The molecule has 0 bridgehead atoms. The highest BCUT2D eigenvalue weighted by molar-refractivity contribution is 9.10. The number of nitrogens with one attached hydrogen (secondary N) is 1. The number of aliphatic hydroxyl groups excluding tert-OH is 1. The van der Waals surface area contributed by atoms with Gasteiger partial charge in [-0.05, 0) is 74.4 Å². The zero-order valence-corrected chi connectivity index (χ0v) is 30.2. The van der Waals surface area contributed by atoms with E-state index in [1.165, 1.54) is 6.21 Å². The number of nitrogens with zero attached hydrogens (tertiary/aromatic N) is 2. The van der Waals surface area contributed by atoms with Crippen LogP contribution in [0.2, 0.25) is 0 Å². The van der Waals surface area contributed by atoms with Gasteiger partial charge in [-0.25, -0.2) is 4.79 Å². The van der Waals surface area contributed by atoms with E-state index in [0.29, 0.717) is 39.9 Å². The lowest BCUT2D eigenvalue weighted by Crippen LogP contribution is -2.32. The monoisotopic (exact) mass is 736 g/mol. The Kier molecular flexibility index (Phi) is 16.9. The third kappa shape index (κ3) is 13.7. The van der Waals surface area contributed by atoms with Gasteiger partial charge in [0.25, 0.3) is 17.7 Å². The average molecular weight is 738 g/mol. The van der Waals surface area contributed by atoms with Crippen LogP contribution in [0.5, 0.6) is 5.75 Å². The molecule has 12 heteroatoms. The number of carbonyl (C=O) groups excluding carboxylic acids is 4. The van der Waals surface area contributed by atoms with Gasteiger partial charge >= 0.3 is 5.97 Å². The smallest absolute Gasteiger partial charge is 0.333 e. The van der Waals surface area contributed by atoms with E-state index in [1.807, 2.05) is 75.4 Å². The van der Waals surface area contributed by atoms with E-state index in [0.717, 1.165) is 10.9 Å². The maximum Gasteiger partial charge on any atom is 0.333 e. The zero-order chi connectivity index (χ0) is 36.4. The molecular weight excluding hydrogens is 692 g/mol. The summed E-state index contributed by atoms with van der Waals surface area (Å²) < 4.78 is 6.65. The minimum atomic E-state index is -0.701. The molecule has 1 heterocycles. The Bertz CT molecular complexity index is 1570. The van der Waals surface area contributed by atoms with Crippen molar-refractivity contribution >= 4 is 62.9 Å². The molecule has 1 aliphatic rings. The molecule has 1 fully saturated rings.